The summed E-state index contributed by atoms with van der Waals surface area (Å²) < 4.78 is 1.02. The molecular weight excluding hydrogens is 322 g/mol. The molecule has 3 heterocycles. The van der Waals surface area contributed by atoms with Crippen LogP contribution >= 0.6 is 11.3 Å². The number of fused-ring (bicyclic) bond motifs is 1. The summed E-state index contributed by atoms with van der Waals surface area (Å²) in [5.74, 6) is 0.246. The van der Waals surface area contributed by atoms with Crippen molar-refractivity contribution in [2.45, 2.75) is 0 Å². The van der Waals surface area contributed by atoms with Crippen LogP contribution in [0.15, 0.2) is 59.5 Å². The molecule has 0 aliphatic carbocycles. The molecule has 1 aliphatic rings. The number of aromatic nitrogens is 2. The van der Waals surface area contributed by atoms with Crippen LogP contribution in [-0.4, -0.2) is 38.7 Å². The topological polar surface area (TPSA) is 85.5 Å². The molecule has 1 aliphatic heterocycles. The van der Waals surface area contributed by atoms with Crippen LogP contribution in [0.25, 0.3) is 15.8 Å². The minimum absolute atomic E-state index is 0.109. The summed E-state index contributed by atoms with van der Waals surface area (Å²) in [7, 11) is 0. The van der Waals surface area contributed by atoms with Gasteiger partial charge in [-0.2, -0.15) is 5.10 Å². The van der Waals surface area contributed by atoms with Crippen molar-refractivity contribution in [1.82, 2.24) is 15.0 Å². The Labute approximate surface area is 141 Å². The van der Waals surface area contributed by atoms with Crippen LogP contribution in [0.2, 0.25) is 0 Å². The van der Waals surface area contributed by atoms with Gasteiger partial charge in [-0.05, 0) is 24.3 Å². The summed E-state index contributed by atoms with van der Waals surface area (Å²) in [6.45, 7) is 0.160. The molecular formula is C17H13N5OS. The standard InChI is InChI=1S/C17H13N5OS/c18-16-15(17-21-12-6-1-2-7-14(12)24-17)13(23)10-22(16)20-9-11-5-3-4-8-19-11/h1-9,18,23H,10H2/b18-16?,20-9-. The molecule has 2 N–H and O–H groups in total. The number of aliphatic hydroxyl groups is 1. The van der Waals surface area contributed by atoms with Gasteiger partial charge >= 0.3 is 0 Å². The first kappa shape index (κ1) is 14.5. The molecule has 4 rings (SSSR count). The predicted molar refractivity (Wildman–Crippen MR) is 95.4 cm³/mol. The third-order valence-electron chi connectivity index (χ3n) is 3.61. The summed E-state index contributed by atoms with van der Waals surface area (Å²) >= 11 is 1.46. The molecule has 0 unspecified atom stereocenters. The number of nitrogens with zero attached hydrogens (tertiary/aromatic N) is 4. The molecule has 7 heteroatoms. The van der Waals surface area contributed by atoms with Crippen LogP contribution in [0.3, 0.4) is 0 Å². The number of thiazole rings is 1. The lowest BCUT2D eigenvalue weighted by atomic mass is 10.2. The highest BCUT2D eigenvalue weighted by Crippen LogP contribution is 2.33. The Balaban J connectivity index is 1.62. The summed E-state index contributed by atoms with van der Waals surface area (Å²) in [4.78, 5) is 8.67. The predicted octanol–water partition coefficient (Wildman–Crippen LogP) is 3.29. The van der Waals surface area contributed by atoms with E-state index in [1.807, 2.05) is 42.5 Å². The average Bonchev–Trinajstić information content (AvgIpc) is 3.14. The van der Waals surface area contributed by atoms with E-state index in [1.165, 1.54) is 16.3 Å². The minimum Gasteiger partial charge on any atom is -0.509 e. The first-order valence-corrected chi connectivity index (χ1v) is 8.13. The van der Waals surface area contributed by atoms with Crippen LogP contribution < -0.4 is 0 Å². The van der Waals surface area contributed by atoms with Gasteiger partial charge in [-0.15, -0.1) is 11.3 Å². The monoisotopic (exact) mass is 335 g/mol. The number of amidine groups is 1. The number of pyridine rings is 1. The Morgan fingerprint density at radius 3 is 2.83 bits per heavy atom. The first-order chi connectivity index (χ1) is 11.7. The van der Waals surface area contributed by atoms with Crippen LogP contribution in [0.1, 0.15) is 10.7 Å². The van der Waals surface area contributed by atoms with Crippen LogP contribution in [0.5, 0.6) is 0 Å². The maximum Gasteiger partial charge on any atom is 0.155 e. The Morgan fingerprint density at radius 2 is 2.04 bits per heavy atom. The summed E-state index contributed by atoms with van der Waals surface area (Å²) in [5, 5.41) is 24.9. The van der Waals surface area contributed by atoms with Crippen molar-refractivity contribution in [3.8, 4) is 0 Å². The second kappa shape index (κ2) is 5.86. The lowest BCUT2D eigenvalue weighted by Gasteiger charge is -2.10. The molecule has 0 atom stereocenters. The lowest BCUT2D eigenvalue weighted by molar-refractivity contribution is 0.358. The number of benzene rings is 1. The second-order valence-corrected chi connectivity index (χ2v) is 6.24. The number of hydrogen-bond donors (Lipinski definition) is 2. The molecule has 0 radical (unpaired) electrons. The van der Waals surface area contributed by atoms with E-state index >= 15 is 0 Å². The maximum atomic E-state index is 10.3. The quantitative estimate of drug-likeness (QED) is 0.719. The van der Waals surface area contributed by atoms with E-state index in [4.69, 9.17) is 5.41 Å². The summed E-state index contributed by atoms with van der Waals surface area (Å²) in [5.41, 5.74) is 1.99. The van der Waals surface area contributed by atoms with Crippen LogP contribution in [-0.2, 0) is 0 Å². The van der Waals surface area contributed by atoms with Gasteiger partial charge in [0, 0.05) is 6.20 Å². The van der Waals surface area contributed by atoms with Gasteiger partial charge in [-0.3, -0.25) is 10.4 Å². The summed E-state index contributed by atoms with van der Waals surface area (Å²) in [6, 6.07) is 13.3. The molecule has 3 aromatic rings. The maximum absolute atomic E-state index is 10.3. The molecule has 0 saturated heterocycles. The number of rotatable bonds is 3. The van der Waals surface area contributed by atoms with Crippen molar-refractivity contribution in [3.63, 3.8) is 0 Å². The van der Waals surface area contributed by atoms with E-state index in [0.29, 0.717) is 16.3 Å². The van der Waals surface area contributed by atoms with E-state index in [0.717, 1.165) is 10.2 Å². The highest BCUT2D eigenvalue weighted by molar-refractivity contribution is 7.19. The van der Waals surface area contributed by atoms with Gasteiger partial charge in [0.05, 0.1) is 27.7 Å². The Kier molecular flexibility index (Phi) is 3.55. The van der Waals surface area contributed by atoms with E-state index in [2.05, 4.69) is 15.1 Å². The molecule has 0 spiro atoms. The van der Waals surface area contributed by atoms with Gasteiger partial charge in [-0.1, -0.05) is 18.2 Å². The lowest BCUT2D eigenvalue weighted by Crippen LogP contribution is -2.20. The van der Waals surface area contributed by atoms with E-state index < -0.39 is 0 Å². The Morgan fingerprint density at radius 1 is 1.21 bits per heavy atom. The van der Waals surface area contributed by atoms with E-state index in [-0.39, 0.29) is 18.1 Å². The van der Waals surface area contributed by atoms with Gasteiger partial charge in [0.1, 0.15) is 17.3 Å². The number of hydrogen-bond acceptors (Lipinski definition) is 6. The first-order valence-electron chi connectivity index (χ1n) is 7.32. The Hall–Kier alpha value is -3.06. The van der Waals surface area contributed by atoms with Crippen molar-refractivity contribution < 1.29 is 5.11 Å². The Bertz CT molecular complexity index is 944. The summed E-state index contributed by atoms with van der Waals surface area (Å²) in [6.07, 6.45) is 3.25. The van der Waals surface area contributed by atoms with Crippen molar-refractivity contribution in [2.75, 3.05) is 6.54 Å². The highest BCUT2D eigenvalue weighted by Gasteiger charge is 2.30. The largest absolute Gasteiger partial charge is 0.509 e. The fourth-order valence-electron chi connectivity index (χ4n) is 2.45. The zero-order chi connectivity index (χ0) is 16.5. The van der Waals surface area contributed by atoms with Crippen molar-refractivity contribution in [3.05, 3.63) is 65.1 Å². The molecule has 24 heavy (non-hydrogen) atoms. The van der Waals surface area contributed by atoms with Crippen molar-refractivity contribution in [2.24, 2.45) is 5.10 Å². The zero-order valence-corrected chi connectivity index (χ0v) is 13.4. The number of hydrazone groups is 1. The number of para-hydroxylation sites is 1. The molecule has 6 nitrogen and oxygen atoms in total. The molecule has 0 fully saturated rings. The normalized spacial score (nSPS) is 15.2. The number of nitrogens with one attached hydrogen (secondary N) is 1. The molecule has 0 saturated carbocycles. The second-order valence-electron chi connectivity index (χ2n) is 5.21. The fourth-order valence-corrected chi connectivity index (χ4v) is 3.48. The minimum atomic E-state index is 0.109. The van der Waals surface area contributed by atoms with Crippen molar-refractivity contribution >= 4 is 39.2 Å². The average molecular weight is 335 g/mol. The van der Waals surface area contributed by atoms with Crippen LogP contribution in [0, 0.1) is 5.41 Å². The third kappa shape index (κ3) is 2.55. The van der Waals surface area contributed by atoms with Gasteiger partial charge < -0.3 is 5.11 Å². The molecule has 0 bridgehead atoms. The molecule has 0 amide bonds. The van der Waals surface area contributed by atoms with E-state index in [1.54, 1.807) is 12.4 Å². The van der Waals surface area contributed by atoms with E-state index in [9.17, 15) is 5.11 Å². The fraction of sp³-hybridized carbons (Fsp3) is 0.0588. The van der Waals surface area contributed by atoms with Crippen molar-refractivity contribution in [1.29, 1.82) is 5.41 Å². The smallest absolute Gasteiger partial charge is 0.155 e. The van der Waals surface area contributed by atoms with Gasteiger partial charge in [-0.25, -0.2) is 9.99 Å². The SMILES string of the molecule is N=C1C(c2nc3ccccc3s2)=C(O)CN1/N=C\c1ccccn1. The van der Waals surface area contributed by atoms with Crippen LogP contribution in [0.4, 0.5) is 0 Å². The third-order valence-corrected chi connectivity index (χ3v) is 4.66. The van der Waals surface area contributed by atoms with Gasteiger partial charge in [0.25, 0.3) is 0 Å². The molecule has 118 valence electrons. The highest BCUT2D eigenvalue weighted by atomic mass is 32.1. The molecule has 1 aromatic carbocycles. The van der Waals surface area contributed by atoms with Gasteiger partial charge in [0.2, 0.25) is 0 Å². The van der Waals surface area contributed by atoms with Gasteiger partial charge in [0.15, 0.2) is 5.84 Å². The number of aliphatic hydroxyl groups excluding tert-OH is 1. The molecule has 2 aromatic heterocycles. The zero-order valence-electron chi connectivity index (χ0n) is 12.5.